The van der Waals surface area contributed by atoms with Crippen molar-refractivity contribution in [2.45, 2.75) is 32.6 Å². The smallest absolute Gasteiger partial charge is 0.115 e. The van der Waals surface area contributed by atoms with Crippen molar-refractivity contribution in [3.8, 4) is 0 Å². The van der Waals surface area contributed by atoms with Gasteiger partial charge >= 0.3 is 0 Å². The maximum atomic E-state index is 5.46. The highest BCUT2D eigenvalue weighted by molar-refractivity contribution is 5.15. The van der Waals surface area contributed by atoms with Crippen molar-refractivity contribution in [1.82, 2.24) is 9.97 Å². The Morgan fingerprint density at radius 2 is 2.00 bits per heavy atom. The van der Waals surface area contributed by atoms with Crippen LogP contribution in [0, 0.1) is 0 Å². The van der Waals surface area contributed by atoms with Gasteiger partial charge in [0.2, 0.25) is 0 Å². The average molecular weight is 179 g/mol. The minimum Gasteiger partial charge on any atom is -0.330 e. The summed E-state index contributed by atoms with van der Waals surface area (Å²) >= 11 is 0. The van der Waals surface area contributed by atoms with Gasteiger partial charge in [0.1, 0.15) is 6.33 Å². The Kier molecular flexibility index (Phi) is 2.98. The van der Waals surface area contributed by atoms with E-state index in [1.54, 1.807) is 6.33 Å². The van der Waals surface area contributed by atoms with Crippen molar-refractivity contribution >= 4 is 0 Å². The van der Waals surface area contributed by atoms with E-state index in [4.69, 9.17) is 5.73 Å². The first-order valence-electron chi connectivity index (χ1n) is 4.55. The monoisotopic (exact) mass is 179 g/mol. The molecule has 0 aromatic carbocycles. The molecule has 1 heterocycles. The summed E-state index contributed by atoms with van der Waals surface area (Å²) in [4.78, 5) is 8.39. The molecule has 0 amide bonds. The van der Waals surface area contributed by atoms with E-state index in [0.717, 1.165) is 17.8 Å². The van der Waals surface area contributed by atoms with E-state index in [1.165, 1.54) is 0 Å². The summed E-state index contributed by atoms with van der Waals surface area (Å²) in [5.41, 5.74) is 7.65. The van der Waals surface area contributed by atoms with Gasteiger partial charge in [0.15, 0.2) is 0 Å². The van der Waals surface area contributed by atoms with Crippen molar-refractivity contribution in [3.05, 3.63) is 23.8 Å². The topological polar surface area (TPSA) is 51.8 Å². The fourth-order valence-electron chi connectivity index (χ4n) is 1.09. The standard InChI is InChI=1S/C10H17N3/c1-10(2,3)9-6-8(4-5-11)12-7-13-9/h6-7H,4-5,11H2,1-3H3. The summed E-state index contributed by atoms with van der Waals surface area (Å²) in [5.74, 6) is 0. The Hall–Kier alpha value is -0.960. The first kappa shape index (κ1) is 10.1. The molecule has 0 radical (unpaired) electrons. The van der Waals surface area contributed by atoms with E-state index in [-0.39, 0.29) is 5.41 Å². The van der Waals surface area contributed by atoms with Crippen LogP contribution < -0.4 is 5.73 Å². The lowest BCUT2D eigenvalue weighted by Gasteiger charge is -2.17. The van der Waals surface area contributed by atoms with E-state index in [9.17, 15) is 0 Å². The highest BCUT2D eigenvalue weighted by atomic mass is 14.8. The number of rotatable bonds is 2. The van der Waals surface area contributed by atoms with Crippen LogP contribution in [0.4, 0.5) is 0 Å². The summed E-state index contributed by atoms with van der Waals surface area (Å²) < 4.78 is 0. The highest BCUT2D eigenvalue weighted by Gasteiger charge is 2.15. The maximum absolute atomic E-state index is 5.46. The molecule has 0 bridgehead atoms. The van der Waals surface area contributed by atoms with Crippen molar-refractivity contribution in [2.24, 2.45) is 5.73 Å². The number of hydrogen-bond donors (Lipinski definition) is 1. The number of hydrogen-bond acceptors (Lipinski definition) is 3. The Labute approximate surface area is 79.4 Å². The lowest BCUT2D eigenvalue weighted by molar-refractivity contribution is 0.564. The predicted molar refractivity (Wildman–Crippen MR) is 53.5 cm³/mol. The Bertz CT molecular complexity index is 276. The third-order valence-corrected chi connectivity index (χ3v) is 1.89. The molecule has 1 rings (SSSR count). The quantitative estimate of drug-likeness (QED) is 0.744. The molecule has 1 aromatic heterocycles. The fourth-order valence-corrected chi connectivity index (χ4v) is 1.09. The van der Waals surface area contributed by atoms with Gasteiger partial charge in [-0.15, -0.1) is 0 Å². The van der Waals surface area contributed by atoms with Gasteiger partial charge in [0, 0.05) is 23.2 Å². The normalized spacial score (nSPS) is 11.7. The zero-order valence-corrected chi connectivity index (χ0v) is 8.54. The lowest BCUT2D eigenvalue weighted by atomic mass is 9.91. The molecule has 0 aliphatic rings. The van der Waals surface area contributed by atoms with Crippen molar-refractivity contribution in [2.75, 3.05) is 6.54 Å². The van der Waals surface area contributed by atoms with Gasteiger partial charge in [-0.05, 0) is 12.6 Å². The van der Waals surface area contributed by atoms with Crippen LogP contribution in [-0.2, 0) is 11.8 Å². The molecule has 0 fully saturated rings. The second kappa shape index (κ2) is 3.83. The van der Waals surface area contributed by atoms with E-state index in [1.807, 2.05) is 6.07 Å². The summed E-state index contributed by atoms with van der Waals surface area (Å²) in [6, 6.07) is 2.03. The van der Waals surface area contributed by atoms with E-state index < -0.39 is 0 Å². The van der Waals surface area contributed by atoms with Gasteiger partial charge in [-0.3, -0.25) is 0 Å². The van der Waals surface area contributed by atoms with Gasteiger partial charge in [-0.1, -0.05) is 20.8 Å². The summed E-state index contributed by atoms with van der Waals surface area (Å²) in [5, 5.41) is 0. The van der Waals surface area contributed by atoms with Crippen molar-refractivity contribution < 1.29 is 0 Å². The van der Waals surface area contributed by atoms with E-state index in [0.29, 0.717) is 6.54 Å². The second-order valence-electron chi connectivity index (χ2n) is 4.18. The summed E-state index contributed by atoms with van der Waals surface area (Å²) in [7, 11) is 0. The third-order valence-electron chi connectivity index (χ3n) is 1.89. The Morgan fingerprint density at radius 3 is 2.54 bits per heavy atom. The largest absolute Gasteiger partial charge is 0.330 e. The Morgan fingerprint density at radius 1 is 1.31 bits per heavy atom. The molecule has 0 saturated heterocycles. The molecule has 13 heavy (non-hydrogen) atoms. The van der Waals surface area contributed by atoms with Crippen LogP contribution in [0.25, 0.3) is 0 Å². The van der Waals surface area contributed by atoms with Crippen LogP contribution in [0.3, 0.4) is 0 Å². The van der Waals surface area contributed by atoms with Crippen LogP contribution in [0.2, 0.25) is 0 Å². The molecular formula is C10H17N3. The average Bonchev–Trinajstić information content (AvgIpc) is 2.04. The highest BCUT2D eigenvalue weighted by Crippen LogP contribution is 2.19. The molecule has 72 valence electrons. The molecular weight excluding hydrogens is 162 g/mol. The van der Waals surface area contributed by atoms with Gasteiger partial charge in [-0.2, -0.15) is 0 Å². The fraction of sp³-hybridized carbons (Fsp3) is 0.600. The van der Waals surface area contributed by atoms with Crippen LogP contribution >= 0.6 is 0 Å². The first-order valence-corrected chi connectivity index (χ1v) is 4.55. The maximum Gasteiger partial charge on any atom is 0.115 e. The Balaban J connectivity index is 2.92. The molecule has 0 aliphatic carbocycles. The number of aromatic nitrogens is 2. The van der Waals surface area contributed by atoms with Gasteiger partial charge in [0.05, 0.1) is 0 Å². The van der Waals surface area contributed by atoms with Crippen molar-refractivity contribution in [3.63, 3.8) is 0 Å². The lowest BCUT2D eigenvalue weighted by Crippen LogP contribution is -2.15. The first-order chi connectivity index (χ1) is 6.04. The zero-order chi connectivity index (χ0) is 9.90. The van der Waals surface area contributed by atoms with Crippen LogP contribution in [-0.4, -0.2) is 16.5 Å². The summed E-state index contributed by atoms with van der Waals surface area (Å²) in [6.07, 6.45) is 2.44. The summed E-state index contributed by atoms with van der Waals surface area (Å²) in [6.45, 7) is 7.06. The minimum absolute atomic E-state index is 0.0896. The van der Waals surface area contributed by atoms with Crippen LogP contribution in [0.5, 0.6) is 0 Å². The van der Waals surface area contributed by atoms with Crippen LogP contribution in [0.1, 0.15) is 32.2 Å². The van der Waals surface area contributed by atoms with Gasteiger partial charge in [-0.25, -0.2) is 9.97 Å². The molecule has 1 aromatic rings. The molecule has 3 nitrogen and oxygen atoms in total. The zero-order valence-electron chi connectivity index (χ0n) is 8.54. The third kappa shape index (κ3) is 2.77. The molecule has 0 spiro atoms. The van der Waals surface area contributed by atoms with E-state index in [2.05, 4.69) is 30.7 Å². The van der Waals surface area contributed by atoms with Gasteiger partial charge in [0.25, 0.3) is 0 Å². The molecule has 3 heteroatoms. The predicted octanol–water partition coefficient (Wildman–Crippen LogP) is 1.28. The second-order valence-corrected chi connectivity index (χ2v) is 4.18. The van der Waals surface area contributed by atoms with Crippen LogP contribution in [0.15, 0.2) is 12.4 Å². The van der Waals surface area contributed by atoms with Gasteiger partial charge < -0.3 is 5.73 Å². The molecule has 0 aliphatic heterocycles. The van der Waals surface area contributed by atoms with Crippen molar-refractivity contribution in [1.29, 1.82) is 0 Å². The minimum atomic E-state index is 0.0896. The molecule has 0 unspecified atom stereocenters. The number of nitrogens with zero attached hydrogens (tertiary/aromatic N) is 2. The molecule has 0 saturated carbocycles. The molecule has 2 N–H and O–H groups in total. The SMILES string of the molecule is CC(C)(C)c1cc(CCN)ncn1. The number of nitrogens with two attached hydrogens (primary N) is 1. The van der Waals surface area contributed by atoms with E-state index >= 15 is 0 Å². The molecule has 0 atom stereocenters.